The number of hydrogen-bond acceptors (Lipinski definition) is 6. The molecule has 2 aromatic carbocycles. The molecular formula is C24H18BrClN2O4S. The number of halogens is 2. The van der Waals surface area contributed by atoms with Crippen molar-refractivity contribution in [1.29, 1.82) is 0 Å². The molecule has 4 rings (SSSR count). The topological polar surface area (TPSA) is 68.7 Å². The Balaban J connectivity index is 1.54. The normalized spacial score (nSPS) is 14.8. The van der Waals surface area contributed by atoms with E-state index in [1.165, 1.54) is 4.90 Å². The predicted molar refractivity (Wildman–Crippen MR) is 132 cm³/mol. The summed E-state index contributed by atoms with van der Waals surface area (Å²) in [7, 11) is 1.54. The SMILES string of the molecule is COc1cc(/C=C2\SC(=O)N(Cc3ccccc3Cl)C2=O)cc(Br)c1OCc1ccncc1. The first-order valence-electron chi connectivity index (χ1n) is 9.84. The zero-order valence-corrected chi connectivity index (χ0v) is 20.6. The molecule has 2 heterocycles. The van der Waals surface area contributed by atoms with Gasteiger partial charge in [0.1, 0.15) is 6.61 Å². The minimum Gasteiger partial charge on any atom is -0.493 e. The Morgan fingerprint density at radius 2 is 1.91 bits per heavy atom. The number of nitrogens with zero attached hydrogens (tertiary/aromatic N) is 2. The summed E-state index contributed by atoms with van der Waals surface area (Å²) in [5.74, 6) is 0.677. The molecule has 1 fully saturated rings. The fourth-order valence-electron chi connectivity index (χ4n) is 3.18. The molecule has 0 spiro atoms. The highest BCUT2D eigenvalue weighted by Crippen LogP contribution is 2.40. The zero-order valence-electron chi connectivity index (χ0n) is 17.5. The lowest BCUT2D eigenvalue weighted by molar-refractivity contribution is -0.123. The molecule has 0 radical (unpaired) electrons. The monoisotopic (exact) mass is 544 g/mol. The van der Waals surface area contributed by atoms with Gasteiger partial charge >= 0.3 is 0 Å². The Bertz CT molecular complexity index is 1240. The Hall–Kier alpha value is -2.81. The standard InChI is InChI=1S/C24H18BrClN2O4S/c1-31-20-11-16(10-18(25)22(20)32-14-15-6-8-27-9-7-15)12-21-23(29)28(24(30)33-21)13-17-4-2-3-5-19(17)26/h2-12H,13-14H2,1H3/b21-12-. The highest BCUT2D eigenvalue weighted by Gasteiger charge is 2.35. The fourth-order valence-corrected chi connectivity index (χ4v) is 4.79. The summed E-state index contributed by atoms with van der Waals surface area (Å²) in [5.41, 5.74) is 2.37. The molecule has 3 aromatic rings. The number of imide groups is 1. The second kappa shape index (κ2) is 10.4. The largest absolute Gasteiger partial charge is 0.493 e. The van der Waals surface area contributed by atoms with E-state index in [0.717, 1.165) is 17.3 Å². The maximum absolute atomic E-state index is 12.9. The van der Waals surface area contributed by atoms with Gasteiger partial charge in [0.2, 0.25) is 0 Å². The first kappa shape index (κ1) is 23.4. The van der Waals surface area contributed by atoms with Crippen LogP contribution in [0.3, 0.4) is 0 Å². The number of pyridine rings is 1. The molecule has 0 atom stereocenters. The molecule has 33 heavy (non-hydrogen) atoms. The molecule has 0 unspecified atom stereocenters. The molecule has 0 bridgehead atoms. The van der Waals surface area contributed by atoms with Crippen LogP contribution in [0.25, 0.3) is 6.08 Å². The molecule has 1 aromatic heterocycles. The zero-order chi connectivity index (χ0) is 23.4. The second-order valence-electron chi connectivity index (χ2n) is 7.04. The van der Waals surface area contributed by atoms with Gasteiger partial charge in [-0.25, -0.2) is 0 Å². The number of aromatic nitrogens is 1. The molecule has 1 aliphatic rings. The Labute approximate surface area is 208 Å². The number of methoxy groups -OCH3 is 1. The first-order chi connectivity index (χ1) is 16.0. The first-order valence-corrected chi connectivity index (χ1v) is 11.8. The Morgan fingerprint density at radius 1 is 1.15 bits per heavy atom. The van der Waals surface area contributed by atoms with Gasteiger partial charge < -0.3 is 9.47 Å². The predicted octanol–water partition coefficient (Wildman–Crippen LogP) is 6.32. The molecule has 1 saturated heterocycles. The number of hydrogen-bond donors (Lipinski definition) is 0. The summed E-state index contributed by atoms with van der Waals surface area (Å²) < 4.78 is 12.1. The Kier molecular flexibility index (Phi) is 7.37. The van der Waals surface area contributed by atoms with Crippen LogP contribution in [-0.4, -0.2) is 28.1 Å². The van der Waals surface area contributed by atoms with E-state index < -0.39 is 0 Å². The van der Waals surface area contributed by atoms with Crippen molar-refractivity contribution in [1.82, 2.24) is 9.88 Å². The van der Waals surface area contributed by atoms with Crippen LogP contribution in [0, 0.1) is 0 Å². The lowest BCUT2D eigenvalue weighted by Crippen LogP contribution is -2.27. The van der Waals surface area contributed by atoms with E-state index in [4.69, 9.17) is 21.1 Å². The van der Waals surface area contributed by atoms with Gasteiger partial charge in [0.25, 0.3) is 11.1 Å². The van der Waals surface area contributed by atoms with Gasteiger partial charge in [-0.05, 0) is 80.8 Å². The van der Waals surface area contributed by atoms with E-state index in [-0.39, 0.29) is 17.7 Å². The molecule has 0 aliphatic carbocycles. The summed E-state index contributed by atoms with van der Waals surface area (Å²) >= 11 is 10.6. The van der Waals surface area contributed by atoms with Gasteiger partial charge in [-0.2, -0.15) is 0 Å². The van der Waals surface area contributed by atoms with Gasteiger partial charge in [-0.15, -0.1) is 0 Å². The third kappa shape index (κ3) is 5.40. The molecule has 0 N–H and O–H groups in total. The quantitative estimate of drug-likeness (QED) is 0.324. The van der Waals surface area contributed by atoms with Crippen molar-refractivity contribution in [2.75, 3.05) is 7.11 Å². The molecule has 168 valence electrons. The second-order valence-corrected chi connectivity index (χ2v) is 9.29. The van der Waals surface area contributed by atoms with Crippen molar-refractivity contribution < 1.29 is 19.1 Å². The van der Waals surface area contributed by atoms with Crippen LogP contribution in [0.15, 0.2) is 70.3 Å². The van der Waals surface area contributed by atoms with Crippen LogP contribution in [0.4, 0.5) is 4.79 Å². The van der Waals surface area contributed by atoms with Gasteiger partial charge in [0.05, 0.1) is 23.0 Å². The summed E-state index contributed by atoms with van der Waals surface area (Å²) in [6.45, 7) is 0.467. The lowest BCUT2D eigenvalue weighted by atomic mass is 10.1. The summed E-state index contributed by atoms with van der Waals surface area (Å²) in [6, 6.07) is 14.4. The van der Waals surface area contributed by atoms with Gasteiger partial charge in [-0.3, -0.25) is 19.5 Å². The average Bonchev–Trinajstić information content (AvgIpc) is 3.07. The fraction of sp³-hybridized carbons (Fsp3) is 0.125. The summed E-state index contributed by atoms with van der Waals surface area (Å²) in [5, 5.41) is 0.172. The molecule has 1 aliphatic heterocycles. The van der Waals surface area contributed by atoms with Crippen molar-refractivity contribution in [2.45, 2.75) is 13.2 Å². The number of benzene rings is 2. The number of carbonyl (C=O) groups is 2. The third-order valence-corrected chi connectivity index (χ3v) is 6.71. The molecule has 2 amide bonds. The van der Waals surface area contributed by atoms with Crippen molar-refractivity contribution >= 4 is 56.5 Å². The van der Waals surface area contributed by atoms with E-state index in [1.807, 2.05) is 24.3 Å². The van der Waals surface area contributed by atoms with Gasteiger partial charge in [-0.1, -0.05) is 29.8 Å². The smallest absolute Gasteiger partial charge is 0.293 e. The maximum atomic E-state index is 12.9. The van der Waals surface area contributed by atoms with E-state index >= 15 is 0 Å². The van der Waals surface area contributed by atoms with Crippen molar-refractivity contribution in [3.05, 3.63) is 92.0 Å². The van der Waals surface area contributed by atoms with E-state index in [1.54, 1.807) is 49.8 Å². The highest BCUT2D eigenvalue weighted by atomic mass is 79.9. The summed E-state index contributed by atoms with van der Waals surface area (Å²) in [6.07, 6.45) is 5.07. The van der Waals surface area contributed by atoms with Crippen LogP contribution in [0.1, 0.15) is 16.7 Å². The Morgan fingerprint density at radius 3 is 2.64 bits per heavy atom. The maximum Gasteiger partial charge on any atom is 0.293 e. The average molecular weight is 546 g/mol. The van der Waals surface area contributed by atoms with Gasteiger partial charge in [0.15, 0.2) is 11.5 Å². The van der Waals surface area contributed by atoms with E-state index in [9.17, 15) is 9.59 Å². The number of thioether (sulfide) groups is 1. The van der Waals surface area contributed by atoms with Crippen molar-refractivity contribution in [3.8, 4) is 11.5 Å². The molecular weight excluding hydrogens is 528 g/mol. The van der Waals surface area contributed by atoms with E-state index in [0.29, 0.717) is 43.6 Å². The van der Waals surface area contributed by atoms with E-state index in [2.05, 4.69) is 20.9 Å². The van der Waals surface area contributed by atoms with Gasteiger partial charge in [0, 0.05) is 17.4 Å². The number of ether oxygens (including phenoxy) is 2. The number of carbonyl (C=O) groups excluding carboxylic acids is 2. The summed E-state index contributed by atoms with van der Waals surface area (Å²) in [4.78, 5) is 30.9. The van der Waals surface area contributed by atoms with Crippen molar-refractivity contribution in [2.24, 2.45) is 0 Å². The van der Waals surface area contributed by atoms with Crippen molar-refractivity contribution in [3.63, 3.8) is 0 Å². The van der Waals surface area contributed by atoms with Crippen LogP contribution in [-0.2, 0) is 17.9 Å². The van der Waals surface area contributed by atoms with Crippen LogP contribution >= 0.6 is 39.3 Å². The molecule has 0 saturated carbocycles. The van der Waals surface area contributed by atoms with Crippen LogP contribution < -0.4 is 9.47 Å². The minimum atomic E-state index is -0.363. The van der Waals surface area contributed by atoms with Crippen LogP contribution in [0.5, 0.6) is 11.5 Å². The minimum absolute atomic E-state index is 0.122. The number of rotatable bonds is 7. The molecule has 6 nitrogen and oxygen atoms in total. The highest BCUT2D eigenvalue weighted by molar-refractivity contribution is 9.10. The lowest BCUT2D eigenvalue weighted by Gasteiger charge is -2.14. The number of amides is 2. The molecule has 9 heteroatoms. The third-order valence-electron chi connectivity index (χ3n) is 4.84. The van der Waals surface area contributed by atoms with Crippen LogP contribution in [0.2, 0.25) is 5.02 Å².